The molecule has 1 heterocycles. The van der Waals surface area contributed by atoms with Gasteiger partial charge in [0.25, 0.3) is 0 Å². The molecule has 6 heteroatoms. The summed E-state index contributed by atoms with van der Waals surface area (Å²) in [7, 11) is 0. The van der Waals surface area contributed by atoms with Crippen molar-refractivity contribution in [2.24, 2.45) is 0 Å². The maximum absolute atomic E-state index is 14.2. The van der Waals surface area contributed by atoms with Crippen LogP contribution in [0.15, 0.2) is 12.1 Å². The molecule has 1 aliphatic rings. The molecular formula is C31H53N3O3. The van der Waals surface area contributed by atoms with Crippen LogP contribution in [0.5, 0.6) is 5.75 Å². The van der Waals surface area contributed by atoms with Crippen molar-refractivity contribution in [2.45, 2.75) is 130 Å². The Balaban J connectivity index is 2.45. The monoisotopic (exact) mass is 515 g/mol. The van der Waals surface area contributed by atoms with Crippen molar-refractivity contribution in [3.05, 3.63) is 28.8 Å². The molecular weight excluding hydrogens is 462 g/mol. The van der Waals surface area contributed by atoms with Gasteiger partial charge in [-0.05, 0) is 82.9 Å². The highest BCUT2D eigenvalue weighted by Crippen LogP contribution is 2.42. The molecule has 1 aromatic rings. The lowest BCUT2D eigenvalue weighted by molar-refractivity contribution is -0.146. The second kappa shape index (κ2) is 9.91. The number of hydrogen-bond acceptors (Lipinski definition) is 4. The first kappa shape index (κ1) is 31.1. The number of carbonyl (C=O) groups is 2. The fourth-order valence-corrected chi connectivity index (χ4v) is 5.51. The van der Waals surface area contributed by atoms with Gasteiger partial charge in [0.1, 0.15) is 5.75 Å². The fraction of sp³-hybridized carbons (Fsp3) is 0.742. The van der Waals surface area contributed by atoms with Gasteiger partial charge in [0.15, 0.2) is 0 Å². The summed E-state index contributed by atoms with van der Waals surface area (Å²) in [4.78, 5) is 31.1. The van der Waals surface area contributed by atoms with Gasteiger partial charge in [-0.1, -0.05) is 53.7 Å². The molecule has 1 aliphatic heterocycles. The van der Waals surface area contributed by atoms with Crippen LogP contribution in [0.2, 0.25) is 0 Å². The minimum absolute atomic E-state index is 0.0212. The molecule has 0 aliphatic carbocycles. The first-order valence-corrected chi connectivity index (χ1v) is 13.7. The highest BCUT2D eigenvalue weighted by atomic mass is 16.3. The zero-order chi connectivity index (χ0) is 28.9. The van der Waals surface area contributed by atoms with Gasteiger partial charge in [0.05, 0.1) is 11.0 Å². The number of aromatic hydroxyl groups is 1. The lowest BCUT2D eigenvalue weighted by Gasteiger charge is -2.48. The number of phenols is 1. The predicted octanol–water partition coefficient (Wildman–Crippen LogP) is 5.49. The molecule has 0 saturated carbocycles. The zero-order valence-corrected chi connectivity index (χ0v) is 26.0. The smallest absolute Gasteiger partial charge is 0.242 e. The van der Waals surface area contributed by atoms with Crippen molar-refractivity contribution in [1.29, 1.82) is 0 Å². The summed E-state index contributed by atoms with van der Waals surface area (Å²) in [6, 6.07) is 3.99. The molecule has 1 aromatic carbocycles. The molecule has 0 aromatic heterocycles. The summed E-state index contributed by atoms with van der Waals surface area (Å²) >= 11 is 0. The van der Waals surface area contributed by atoms with Crippen LogP contribution in [0.4, 0.5) is 0 Å². The minimum Gasteiger partial charge on any atom is -0.507 e. The second-order valence-electron chi connectivity index (χ2n) is 15.0. The number of nitrogens with zero attached hydrogens (tertiary/aromatic N) is 2. The lowest BCUT2D eigenvalue weighted by atomic mass is 9.73. The standard InChI is InChI=1S/C31H53N3O3/c1-20(2)34(16-15-33-19-29(9,10)32-31(13,14)26(33)37)25(36)30(11,12)21-17-22(27(3,4)5)24(35)23(18-21)28(6,7)8/h17-18,20,32,35H,15-16,19H2,1-14H3. The van der Waals surface area contributed by atoms with Gasteiger partial charge >= 0.3 is 0 Å². The van der Waals surface area contributed by atoms with Crippen LogP contribution in [0.3, 0.4) is 0 Å². The topological polar surface area (TPSA) is 72.9 Å². The van der Waals surface area contributed by atoms with Crippen LogP contribution in [0.25, 0.3) is 0 Å². The molecule has 210 valence electrons. The van der Waals surface area contributed by atoms with Crippen molar-refractivity contribution in [3.63, 3.8) is 0 Å². The summed E-state index contributed by atoms with van der Waals surface area (Å²) in [5, 5.41) is 14.6. The second-order valence-corrected chi connectivity index (χ2v) is 15.0. The summed E-state index contributed by atoms with van der Waals surface area (Å²) in [6.07, 6.45) is 0. The minimum atomic E-state index is -0.816. The van der Waals surface area contributed by atoms with E-state index < -0.39 is 11.0 Å². The van der Waals surface area contributed by atoms with Gasteiger partial charge in [-0.2, -0.15) is 0 Å². The van der Waals surface area contributed by atoms with Crippen LogP contribution in [-0.4, -0.2) is 63.5 Å². The van der Waals surface area contributed by atoms with E-state index in [1.807, 2.05) is 63.5 Å². The van der Waals surface area contributed by atoms with Gasteiger partial charge in [-0.3, -0.25) is 14.9 Å². The number of amides is 2. The van der Waals surface area contributed by atoms with Gasteiger partial charge in [-0.15, -0.1) is 0 Å². The maximum Gasteiger partial charge on any atom is 0.242 e. The third-order valence-corrected chi connectivity index (χ3v) is 7.54. The maximum atomic E-state index is 14.2. The Bertz CT molecular complexity index is 988. The van der Waals surface area contributed by atoms with Gasteiger partial charge in [0, 0.05) is 31.2 Å². The molecule has 1 saturated heterocycles. The number of piperazine rings is 1. The van der Waals surface area contributed by atoms with E-state index in [0.717, 1.165) is 16.7 Å². The van der Waals surface area contributed by atoms with Crippen LogP contribution in [0, 0.1) is 0 Å². The third-order valence-electron chi connectivity index (χ3n) is 7.54. The quantitative estimate of drug-likeness (QED) is 0.525. The van der Waals surface area contributed by atoms with Crippen LogP contribution >= 0.6 is 0 Å². The molecule has 0 atom stereocenters. The molecule has 0 unspecified atom stereocenters. The first-order chi connectivity index (χ1) is 16.4. The summed E-state index contributed by atoms with van der Waals surface area (Å²) in [5.41, 5.74) is 0.374. The van der Waals surface area contributed by atoms with E-state index in [1.54, 1.807) is 0 Å². The number of hydrogen-bond donors (Lipinski definition) is 2. The van der Waals surface area contributed by atoms with Crippen molar-refractivity contribution < 1.29 is 14.7 Å². The summed E-state index contributed by atoms with van der Waals surface area (Å²) in [6.45, 7) is 30.1. The third kappa shape index (κ3) is 6.68. The fourth-order valence-electron chi connectivity index (χ4n) is 5.51. The highest BCUT2D eigenvalue weighted by molar-refractivity contribution is 5.88. The predicted molar refractivity (Wildman–Crippen MR) is 153 cm³/mol. The average Bonchev–Trinajstić information content (AvgIpc) is 2.68. The van der Waals surface area contributed by atoms with Crippen molar-refractivity contribution in [2.75, 3.05) is 19.6 Å². The van der Waals surface area contributed by atoms with E-state index in [-0.39, 0.29) is 34.2 Å². The largest absolute Gasteiger partial charge is 0.507 e. The number of nitrogens with one attached hydrogen (secondary N) is 1. The van der Waals surface area contributed by atoms with E-state index in [2.05, 4.69) is 60.7 Å². The average molecular weight is 516 g/mol. The summed E-state index contributed by atoms with van der Waals surface area (Å²) < 4.78 is 0. The molecule has 6 nitrogen and oxygen atoms in total. The number of rotatable bonds is 6. The molecule has 0 spiro atoms. The zero-order valence-electron chi connectivity index (χ0n) is 26.0. The highest BCUT2D eigenvalue weighted by Gasteiger charge is 2.44. The molecule has 2 amide bonds. The Morgan fingerprint density at radius 3 is 1.86 bits per heavy atom. The Morgan fingerprint density at radius 2 is 1.46 bits per heavy atom. The molecule has 2 N–H and O–H groups in total. The number of benzene rings is 1. The van der Waals surface area contributed by atoms with Crippen LogP contribution in [0.1, 0.15) is 114 Å². The molecule has 1 fully saturated rings. The van der Waals surface area contributed by atoms with Gasteiger partial charge in [-0.25, -0.2) is 0 Å². The number of phenolic OH excluding ortho intramolecular Hbond substituents is 1. The van der Waals surface area contributed by atoms with Crippen molar-refractivity contribution in [1.82, 2.24) is 15.1 Å². The van der Waals surface area contributed by atoms with E-state index >= 15 is 0 Å². The normalized spacial score (nSPS) is 18.4. The Hall–Kier alpha value is -2.08. The van der Waals surface area contributed by atoms with E-state index in [1.165, 1.54) is 0 Å². The van der Waals surface area contributed by atoms with E-state index in [4.69, 9.17) is 0 Å². The van der Waals surface area contributed by atoms with Crippen molar-refractivity contribution >= 4 is 11.8 Å². The first-order valence-electron chi connectivity index (χ1n) is 13.7. The van der Waals surface area contributed by atoms with Gasteiger partial charge in [0.2, 0.25) is 11.8 Å². The summed E-state index contributed by atoms with van der Waals surface area (Å²) in [5.74, 6) is 0.398. The van der Waals surface area contributed by atoms with Gasteiger partial charge < -0.3 is 14.9 Å². The van der Waals surface area contributed by atoms with E-state index in [9.17, 15) is 14.7 Å². The van der Waals surface area contributed by atoms with Crippen molar-refractivity contribution in [3.8, 4) is 5.75 Å². The molecule has 0 bridgehead atoms. The number of carbonyl (C=O) groups excluding carboxylic acids is 2. The van der Waals surface area contributed by atoms with Crippen LogP contribution in [-0.2, 0) is 25.8 Å². The SMILES string of the molecule is CC(C)N(CCN1CC(C)(C)NC(C)(C)C1=O)C(=O)C(C)(C)c1cc(C(C)(C)C)c(O)c(C(C)(C)C)c1. The molecule has 2 rings (SSSR count). The lowest BCUT2D eigenvalue weighted by Crippen LogP contribution is -2.70. The Kier molecular flexibility index (Phi) is 8.34. The Labute approximate surface area is 226 Å². The van der Waals surface area contributed by atoms with E-state index in [0.29, 0.717) is 25.4 Å². The Morgan fingerprint density at radius 1 is 1.00 bits per heavy atom. The molecule has 37 heavy (non-hydrogen) atoms. The molecule has 0 radical (unpaired) electrons. The van der Waals surface area contributed by atoms with Crippen LogP contribution < -0.4 is 5.32 Å².